The zero-order chi connectivity index (χ0) is 19.6. The van der Waals surface area contributed by atoms with Gasteiger partial charge in [0.15, 0.2) is 5.75 Å². The highest BCUT2D eigenvalue weighted by Gasteiger charge is 2.44. The van der Waals surface area contributed by atoms with Crippen molar-refractivity contribution in [2.45, 2.75) is 19.2 Å². The van der Waals surface area contributed by atoms with Crippen LogP contribution in [0.4, 0.5) is 13.2 Å². The first-order valence-electron chi connectivity index (χ1n) is 6.26. The fourth-order valence-corrected chi connectivity index (χ4v) is 4.00. The van der Waals surface area contributed by atoms with Crippen LogP contribution in [0.3, 0.4) is 0 Å². The summed E-state index contributed by atoms with van der Waals surface area (Å²) in [5.74, 6) is -2.53. The SMILES string of the molecule is C=C(C)C(=O)Oc1c(I)cc(OC(CS(=O)(=O)O)C(F)(F)F)cc1I. The molecule has 0 saturated heterocycles. The van der Waals surface area contributed by atoms with Gasteiger partial charge in [-0.25, -0.2) is 4.79 Å². The number of carbonyl (C=O) groups is 1. The number of rotatable bonds is 6. The van der Waals surface area contributed by atoms with E-state index in [1.54, 1.807) is 45.2 Å². The Bertz CT molecular complexity index is 768. The molecule has 1 unspecified atom stereocenters. The summed E-state index contributed by atoms with van der Waals surface area (Å²) in [5.41, 5.74) is 0.136. The van der Waals surface area contributed by atoms with E-state index in [0.717, 1.165) is 12.1 Å². The number of halogens is 5. The van der Waals surface area contributed by atoms with Crippen molar-refractivity contribution in [2.24, 2.45) is 0 Å². The monoisotopic (exact) mass is 606 g/mol. The first kappa shape index (κ1) is 22.4. The maximum Gasteiger partial charge on any atom is 0.426 e. The molecule has 0 aliphatic rings. The first-order chi connectivity index (χ1) is 11.2. The van der Waals surface area contributed by atoms with Gasteiger partial charge in [0.05, 0.1) is 7.14 Å². The van der Waals surface area contributed by atoms with Gasteiger partial charge in [0.2, 0.25) is 6.10 Å². The molecule has 1 N–H and O–H groups in total. The summed E-state index contributed by atoms with van der Waals surface area (Å²) in [4.78, 5) is 11.6. The number of esters is 1. The number of hydrogen-bond acceptors (Lipinski definition) is 5. The zero-order valence-electron chi connectivity index (χ0n) is 12.4. The van der Waals surface area contributed by atoms with Gasteiger partial charge in [0.1, 0.15) is 11.5 Å². The molecule has 0 aliphatic heterocycles. The van der Waals surface area contributed by atoms with Crippen LogP contribution in [0.25, 0.3) is 0 Å². The van der Waals surface area contributed by atoms with E-state index in [1.165, 1.54) is 6.92 Å². The standard InChI is InChI=1S/C13H11F3I2O6S/c1-6(2)12(19)24-11-8(17)3-7(4-9(11)18)23-10(13(14,15)16)5-25(20,21)22/h3-4,10H,1,5H2,2H3,(H,20,21,22). The Morgan fingerprint density at radius 2 is 1.80 bits per heavy atom. The number of ether oxygens (including phenoxy) is 2. The second-order valence-corrected chi connectivity index (χ2v) is 8.60. The average Bonchev–Trinajstić information content (AvgIpc) is 2.39. The van der Waals surface area contributed by atoms with Gasteiger partial charge in [-0.3, -0.25) is 4.55 Å². The minimum atomic E-state index is -5.02. The summed E-state index contributed by atoms with van der Waals surface area (Å²) < 4.78 is 79.2. The highest BCUT2D eigenvalue weighted by molar-refractivity contribution is 14.1. The Morgan fingerprint density at radius 1 is 1.32 bits per heavy atom. The van der Waals surface area contributed by atoms with Crippen LogP contribution >= 0.6 is 45.2 Å². The van der Waals surface area contributed by atoms with Crippen LogP contribution in [0, 0.1) is 7.14 Å². The summed E-state index contributed by atoms with van der Waals surface area (Å²) in [6.45, 7) is 4.85. The summed E-state index contributed by atoms with van der Waals surface area (Å²) in [7, 11) is -4.91. The Hall–Kier alpha value is -0.610. The van der Waals surface area contributed by atoms with E-state index in [1.807, 2.05) is 0 Å². The van der Waals surface area contributed by atoms with Gasteiger partial charge in [-0.2, -0.15) is 21.6 Å². The van der Waals surface area contributed by atoms with Gasteiger partial charge in [-0.05, 0) is 64.2 Å². The van der Waals surface area contributed by atoms with E-state index < -0.39 is 34.1 Å². The minimum Gasteiger partial charge on any atom is -0.480 e. The van der Waals surface area contributed by atoms with Gasteiger partial charge in [-0.1, -0.05) is 6.58 Å². The summed E-state index contributed by atoms with van der Waals surface area (Å²) in [5, 5.41) is 0. The number of alkyl halides is 3. The molecule has 0 amide bonds. The van der Waals surface area contributed by atoms with E-state index in [2.05, 4.69) is 6.58 Å². The molecule has 1 rings (SSSR count). The minimum absolute atomic E-state index is 0.111. The van der Waals surface area contributed by atoms with E-state index in [-0.39, 0.29) is 24.2 Å². The predicted octanol–water partition coefficient (Wildman–Crippen LogP) is 3.57. The van der Waals surface area contributed by atoms with Crippen LogP contribution in [0.2, 0.25) is 0 Å². The molecule has 0 saturated carbocycles. The van der Waals surface area contributed by atoms with Crippen molar-refractivity contribution in [3.8, 4) is 11.5 Å². The third-order valence-corrected chi connectivity index (χ3v) is 4.85. The molecule has 0 bridgehead atoms. The van der Waals surface area contributed by atoms with Gasteiger partial charge >= 0.3 is 12.1 Å². The fourth-order valence-electron chi connectivity index (χ4n) is 1.43. The molecule has 0 fully saturated rings. The van der Waals surface area contributed by atoms with Crippen LogP contribution in [-0.4, -0.2) is 37.0 Å². The van der Waals surface area contributed by atoms with Gasteiger partial charge < -0.3 is 9.47 Å². The molecule has 1 aromatic rings. The molecular formula is C13H11F3I2O6S. The smallest absolute Gasteiger partial charge is 0.426 e. The van der Waals surface area contributed by atoms with Crippen molar-refractivity contribution in [3.63, 3.8) is 0 Å². The van der Waals surface area contributed by atoms with E-state index in [4.69, 9.17) is 14.0 Å². The molecule has 6 nitrogen and oxygen atoms in total. The molecule has 0 heterocycles. The average molecular weight is 606 g/mol. The molecule has 140 valence electrons. The molecule has 1 aromatic carbocycles. The lowest BCUT2D eigenvalue weighted by Gasteiger charge is -2.21. The quantitative estimate of drug-likeness (QED) is 0.175. The lowest BCUT2D eigenvalue weighted by atomic mass is 10.3. The van der Waals surface area contributed by atoms with Crippen molar-refractivity contribution in [3.05, 3.63) is 31.4 Å². The van der Waals surface area contributed by atoms with E-state index in [0.29, 0.717) is 0 Å². The number of carbonyl (C=O) groups excluding carboxylic acids is 1. The first-order valence-corrected chi connectivity index (χ1v) is 10.0. The summed E-state index contributed by atoms with van der Waals surface area (Å²) in [6.07, 6.45) is -7.77. The molecule has 0 aromatic heterocycles. The molecule has 0 radical (unpaired) electrons. The number of hydrogen-bond donors (Lipinski definition) is 1. The molecule has 0 aliphatic carbocycles. The summed E-state index contributed by atoms with van der Waals surface area (Å²) >= 11 is 3.45. The largest absolute Gasteiger partial charge is 0.480 e. The normalized spacial score (nSPS) is 13.2. The van der Waals surface area contributed by atoms with Crippen LogP contribution in [-0.2, 0) is 14.9 Å². The Morgan fingerprint density at radius 3 is 2.16 bits per heavy atom. The lowest BCUT2D eigenvalue weighted by molar-refractivity contribution is -0.188. The van der Waals surface area contributed by atoms with E-state index >= 15 is 0 Å². The van der Waals surface area contributed by atoms with Crippen molar-refractivity contribution in [2.75, 3.05) is 5.75 Å². The topological polar surface area (TPSA) is 89.9 Å². The zero-order valence-corrected chi connectivity index (χ0v) is 17.6. The third-order valence-electron chi connectivity index (χ3n) is 2.52. The Balaban J connectivity index is 3.14. The van der Waals surface area contributed by atoms with Crippen molar-refractivity contribution >= 4 is 61.3 Å². The van der Waals surface area contributed by atoms with Crippen LogP contribution in [0.1, 0.15) is 6.92 Å². The van der Waals surface area contributed by atoms with Crippen LogP contribution in [0.15, 0.2) is 24.3 Å². The lowest BCUT2D eigenvalue weighted by Crippen LogP contribution is -2.40. The van der Waals surface area contributed by atoms with Gasteiger partial charge in [0, 0.05) is 5.57 Å². The maximum absolute atomic E-state index is 12.9. The molecule has 1 atom stereocenters. The highest BCUT2D eigenvalue weighted by Crippen LogP contribution is 2.34. The Kier molecular flexibility index (Phi) is 7.53. The van der Waals surface area contributed by atoms with Crippen LogP contribution in [0.5, 0.6) is 11.5 Å². The summed E-state index contributed by atoms with van der Waals surface area (Å²) in [6, 6.07) is 2.29. The molecule has 0 spiro atoms. The van der Waals surface area contributed by atoms with Gasteiger partial charge in [0.25, 0.3) is 10.1 Å². The van der Waals surface area contributed by atoms with Gasteiger partial charge in [-0.15, -0.1) is 0 Å². The highest BCUT2D eigenvalue weighted by atomic mass is 127. The van der Waals surface area contributed by atoms with E-state index in [9.17, 15) is 26.4 Å². The maximum atomic E-state index is 12.9. The second-order valence-electron chi connectivity index (χ2n) is 4.78. The Labute approximate surface area is 168 Å². The van der Waals surface area contributed by atoms with Crippen molar-refractivity contribution in [1.82, 2.24) is 0 Å². The fraction of sp³-hybridized carbons (Fsp3) is 0.308. The third kappa shape index (κ3) is 7.26. The predicted molar refractivity (Wildman–Crippen MR) is 99.2 cm³/mol. The molecular weight excluding hydrogens is 595 g/mol. The molecule has 12 heteroatoms. The van der Waals surface area contributed by atoms with Crippen molar-refractivity contribution in [1.29, 1.82) is 0 Å². The van der Waals surface area contributed by atoms with Crippen molar-refractivity contribution < 1.29 is 40.4 Å². The van der Waals surface area contributed by atoms with Crippen LogP contribution < -0.4 is 9.47 Å². The number of benzene rings is 1. The second kappa shape index (κ2) is 8.39. The molecule has 25 heavy (non-hydrogen) atoms.